The fraction of sp³-hybridized carbons (Fsp3) is 0.368. The molecule has 1 aromatic heterocycles. The van der Waals surface area contributed by atoms with Gasteiger partial charge in [-0.3, -0.25) is 9.78 Å². The van der Waals surface area contributed by atoms with Crippen molar-refractivity contribution < 1.29 is 22.7 Å². The summed E-state index contributed by atoms with van der Waals surface area (Å²) in [4.78, 5) is 18.6. The fourth-order valence-corrected chi connectivity index (χ4v) is 3.08. The minimum atomic E-state index is -4.74. The van der Waals surface area contributed by atoms with E-state index < -0.39 is 6.36 Å². The molecule has 1 amide bonds. The van der Waals surface area contributed by atoms with E-state index in [9.17, 15) is 18.0 Å². The Labute approximate surface area is 155 Å². The molecule has 1 saturated heterocycles. The Bertz CT molecular complexity index is 743. The van der Waals surface area contributed by atoms with Crippen molar-refractivity contribution in [3.8, 4) is 5.75 Å². The molecule has 1 aromatic carbocycles. The van der Waals surface area contributed by atoms with Gasteiger partial charge in [0.25, 0.3) is 5.91 Å². The number of rotatable bonds is 5. The molecular formula is C19H20F3N3O2. The van der Waals surface area contributed by atoms with E-state index in [1.54, 1.807) is 6.20 Å². The van der Waals surface area contributed by atoms with Crippen LogP contribution >= 0.6 is 0 Å². The van der Waals surface area contributed by atoms with E-state index in [2.05, 4.69) is 19.9 Å². The van der Waals surface area contributed by atoms with E-state index in [1.807, 2.05) is 18.3 Å². The summed E-state index contributed by atoms with van der Waals surface area (Å²) in [7, 11) is 0. The van der Waals surface area contributed by atoms with Crippen molar-refractivity contribution in [3.05, 3.63) is 54.4 Å². The van der Waals surface area contributed by atoms with E-state index in [0.717, 1.165) is 43.8 Å². The van der Waals surface area contributed by atoms with E-state index >= 15 is 0 Å². The van der Waals surface area contributed by atoms with Gasteiger partial charge >= 0.3 is 6.36 Å². The smallest absolute Gasteiger partial charge is 0.406 e. The second-order valence-corrected chi connectivity index (χ2v) is 6.42. The zero-order valence-electron chi connectivity index (χ0n) is 14.6. The highest BCUT2D eigenvalue weighted by Gasteiger charge is 2.31. The number of alkyl halides is 3. The molecule has 1 N–H and O–H groups in total. The molecule has 2 heterocycles. The number of nitrogens with zero attached hydrogens (tertiary/aromatic N) is 2. The third-order valence-corrected chi connectivity index (χ3v) is 4.53. The second kappa shape index (κ2) is 8.28. The Kier molecular flexibility index (Phi) is 5.83. The molecule has 0 atom stereocenters. The van der Waals surface area contributed by atoms with Crippen molar-refractivity contribution >= 4 is 11.6 Å². The summed E-state index contributed by atoms with van der Waals surface area (Å²) < 4.78 is 40.3. The zero-order chi connectivity index (χ0) is 19.3. The fourth-order valence-electron chi connectivity index (χ4n) is 3.08. The van der Waals surface area contributed by atoms with Crippen LogP contribution in [0.1, 0.15) is 23.2 Å². The first-order valence-electron chi connectivity index (χ1n) is 8.70. The summed E-state index contributed by atoms with van der Waals surface area (Å²) in [6, 6.07) is 8.85. The number of anilines is 1. The number of amides is 1. The third-order valence-electron chi connectivity index (χ3n) is 4.53. The molecule has 0 aliphatic carbocycles. The lowest BCUT2D eigenvalue weighted by Crippen LogP contribution is -2.38. The molecule has 3 rings (SSSR count). The SMILES string of the molecule is O=C(NCC1CCN(c2cccnc2)CC1)c1ccc(OC(F)(F)F)cc1. The maximum Gasteiger partial charge on any atom is 0.573 e. The average molecular weight is 379 g/mol. The number of nitrogens with one attached hydrogen (secondary N) is 1. The molecule has 1 fully saturated rings. The molecule has 0 radical (unpaired) electrons. The molecule has 0 unspecified atom stereocenters. The van der Waals surface area contributed by atoms with Gasteiger partial charge in [-0.1, -0.05) is 0 Å². The van der Waals surface area contributed by atoms with Gasteiger partial charge < -0.3 is 15.0 Å². The van der Waals surface area contributed by atoms with Crippen LogP contribution in [0, 0.1) is 5.92 Å². The van der Waals surface area contributed by atoms with Gasteiger partial charge in [0.05, 0.1) is 11.9 Å². The number of piperidine rings is 1. The van der Waals surface area contributed by atoms with Crippen LogP contribution in [-0.4, -0.2) is 36.9 Å². The van der Waals surface area contributed by atoms with Gasteiger partial charge in [-0.25, -0.2) is 0 Å². The van der Waals surface area contributed by atoms with Crippen LogP contribution in [-0.2, 0) is 0 Å². The van der Waals surface area contributed by atoms with E-state index in [4.69, 9.17) is 0 Å². The largest absolute Gasteiger partial charge is 0.573 e. The molecule has 1 aliphatic heterocycles. The molecule has 0 saturated carbocycles. The van der Waals surface area contributed by atoms with Crippen LogP contribution in [0.3, 0.4) is 0 Å². The second-order valence-electron chi connectivity index (χ2n) is 6.42. The highest BCUT2D eigenvalue weighted by molar-refractivity contribution is 5.94. The highest BCUT2D eigenvalue weighted by Crippen LogP contribution is 2.24. The lowest BCUT2D eigenvalue weighted by Gasteiger charge is -2.33. The van der Waals surface area contributed by atoms with E-state index in [-0.39, 0.29) is 11.7 Å². The van der Waals surface area contributed by atoms with Crippen molar-refractivity contribution in [2.24, 2.45) is 5.92 Å². The number of benzene rings is 1. The van der Waals surface area contributed by atoms with Crippen LogP contribution in [0.25, 0.3) is 0 Å². The molecule has 5 nitrogen and oxygen atoms in total. The van der Waals surface area contributed by atoms with Crippen LogP contribution in [0.4, 0.5) is 18.9 Å². The third kappa shape index (κ3) is 5.60. The number of carbonyl (C=O) groups is 1. The summed E-state index contributed by atoms with van der Waals surface area (Å²) >= 11 is 0. The quantitative estimate of drug-likeness (QED) is 0.862. The van der Waals surface area contributed by atoms with Crippen LogP contribution in [0.15, 0.2) is 48.8 Å². The molecule has 2 aromatic rings. The van der Waals surface area contributed by atoms with Crippen molar-refractivity contribution in [2.75, 3.05) is 24.5 Å². The van der Waals surface area contributed by atoms with Gasteiger partial charge in [0.15, 0.2) is 0 Å². The number of hydrogen-bond donors (Lipinski definition) is 1. The van der Waals surface area contributed by atoms with Crippen molar-refractivity contribution in [1.29, 1.82) is 0 Å². The standard InChI is InChI=1S/C19H20F3N3O2/c20-19(21,22)27-17-5-3-15(4-6-17)18(26)24-12-14-7-10-25(11-8-14)16-2-1-9-23-13-16/h1-6,9,13-14H,7-8,10-12H2,(H,24,26). The van der Waals surface area contributed by atoms with Gasteiger partial charge in [-0.15, -0.1) is 13.2 Å². The maximum atomic E-state index is 12.2. The molecule has 0 bridgehead atoms. The minimum absolute atomic E-state index is 0.303. The Hall–Kier alpha value is -2.77. The van der Waals surface area contributed by atoms with Gasteiger partial charge in [-0.05, 0) is 55.2 Å². The Morgan fingerprint density at radius 1 is 1.19 bits per heavy atom. The highest BCUT2D eigenvalue weighted by atomic mass is 19.4. The van der Waals surface area contributed by atoms with Crippen molar-refractivity contribution in [2.45, 2.75) is 19.2 Å². The number of halogens is 3. The lowest BCUT2D eigenvalue weighted by atomic mass is 9.96. The summed E-state index contributed by atoms with van der Waals surface area (Å²) in [5, 5.41) is 2.86. The predicted molar refractivity (Wildman–Crippen MR) is 94.6 cm³/mol. The molecule has 27 heavy (non-hydrogen) atoms. The predicted octanol–water partition coefficient (Wildman–Crippen LogP) is 3.63. The van der Waals surface area contributed by atoms with Crippen LogP contribution in [0.2, 0.25) is 0 Å². The van der Waals surface area contributed by atoms with Gasteiger partial charge in [-0.2, -0.15) is 0 Å². The summed E-state index contributed by atoms with van der Waals surface area (Å²) in [5.41, 5.74) is 1.40. The lowest BCUT2D eigenvalue weighted by molar-refractivity contribution is -0.274. The van der Waals surface area contributed by atoms with Gasteiger partial charge in [0, 0.05) is 31.4 Å². The normalized spacial score (nSPS) is 15.4. The van der Waals surface area contributed by atoms with Crippen molar-refractivity contribution in [3.63, 3.8) is 0 Å². The maximum absolute atomic E-state index is 12.2. The Morgan fingerprint density at radius 3 is 2.48 bits per heavy atom. The monoisotopic (exact) mass is 379 g/mol. The number of aromatic nitrogens is 1. The summed E-state index contributed by atoms with van der Waals surface area (Å²) in [5.74, 6) is -0.278. The molecule has 144 valence electrons. The Balaban J connectivity index is 1.44. The van der Waals surface area contributed by atoms with Gasteiger partial charge in [0.1, 0.15) is 5.75 Å². The van der Waals surface area contributed by atoms with E-state index in [1.165, 1.54) is 12.1 Å². The Morgan fingerprint density at radius 2 is 1.89 bits per heavy atom. The van der Waals surface area contributed by atoms with Gasteiger partial charge in [0.2, 0.25) is 0 Å². The first kappa shape index (κ1) is 19.0. The summed E-state index contributed by atoms with van der Waals surface area (Å²) in [6.45, 7) is 2.34. The zero-order valence-corrected chi connectivity index (χ0v) is 14.6. The first-order valence-corrected chi connectivity index (χ1v) is 8.70. The van der Waals surface area contributed by atoms with Crippen LogP contribution < -0.4 is 15.0 Å². The number of ether oxygens (including phenoxy) is 1. The van der Waals surface area contributed by atoms with Crippen molar-refractivity contribution in [1.82, 2.24) is 10.3 Å². The number of carbonyl (C=O) groups excluding carboxylic acids is 1. The molecular weight excluding hydrogens is 359 g/mol. The molecule has 0 spiro atoms. The molecule has 1 aliphatic rings. The molecule has 8 heteroatoms. The minimum Gasteiger partial charge on any atom is -0.406 e. The average Bonchev–Trinajstić information content (AvgIpc) is 2.66. The number of hydrogen-bond acceptors (Lipinski definition) is 4. The van der Waals surface area contributed by atoms with Crippen LogP contribution in [0.5, 0.6) is 5.75 Å². The van der Waals surface area contributed by atoms with E-state index in [0.29, 0.717) is 18.0 Å². The number of pyridine rings is 1. The topological polar surface area (TPSA) is 54.5 Å². The first-order chi connectivity index (χ1) is 12.9. The summed E-state index contributed by atoms with van der Waals surface area (Å²) in [6.07, 6.45) is 0.747.